The molecule has 1 aliphatic heterocycles. The van der Waals surface area contributed by atoms with Gasteiger partial charge in [0.15, 0.2) is 0 Å². The van der Waals surface area contributed by atoms with Gasteiger partial charge in [-0.15, -0.1) is 0 Å². The molecule has 2 aromatic carbocycles. The first-order valence-corrected chi connectivity index (χ1v) is 7.50. The van der Waals surface area contributed by atoms with Crippen molar-refractivity contribution in [2.75, 3.05) is 18.6 Å². The molecule has 1 atom stereocenters. The molecule has 118 valence electrons. The third-order valence-corrected chi connectivity index (χ3v) is 3.91. The second-order valence-electron chi connectivity index (χ2n) is 5.37. The van der Waals surface area contributed by atoms with Gasteiger partial charge in [-0.25, -0.2) is 0 Å². The summed E-state index contributed by atoms with van der Waals surface area (Å²) in [5, 5.41) is 2.81. The summed E-state index contributed by atoms with van der Waals surface area (Å²) >= 11 is 0. The fourth-order valence-electron chi connectivity index (χ4n) is 2.68. The molecule has 0 bridgehead atoms. The number of hydrogen-bond acceptors (Lipinski definition) is 3. The predicted molar refractivity (Wildman–Crippen MR) is 87.7 cm³/mol. The lowest BCUT2D eigenvalue weighted by atomic mass is 10.1. The van der Waals surface area contributed by atoms with Crippen LogP contribution in [0, 0.1) is 0 Å². The van der Waals surface area contributed by atoms with E-state index in [1.54, 1.807) is 36.3 Å². The van der Waals surface area contributed by atoms with E-state index in [9.17, 15) is 9.59 Å². The zero-order chi connectivity index (χ0) is 16.2. The standard InChI is InChI=1S/C18H18N2O3/c1-23-15-9-5-6-13(12-15)17(21)19-16-10-11-20(18(16)22)14-7-3-2-4-8-14/h2-9,12,16H,10-11H2,1H3,(H,19,21)/t16-/m0/s1. The van der Waals surface area contributed by atoms with Gasteiger partial charge in [-0.2, -0.15) is 0 Å². The molecule has 0 aromatic heterocycles. The van der Waals surface area contributed by atoms with Crippen LogP contribution in [0.2, 0.25) is 0 Å². The van der Waals surface area contributed by atoms with E-state index in [0.717, 1.165) is 5.69 Å². The molecule has 0 unspecified atom stereocenters. The van der Waals surface area contributed by atoms with E-state index in [1.807, 2.05) is 30.3 Å². The zero-order valence-corrected chi connectivity index (χ0v) is 12.9. The Kier molecular flexibility index (Phi) is 4.28. The number of benzene rings is 2. The van der Waals surface area contributed by atoms with Crippen molar-refractivity contribution < 1.29 is 14.3 Å². The third kappa shape index (κ3) is 3.18. The number of rotatable bonds is 4. The van der Waals surface area contributed by atoms with Crippen LogP contribution in [0.15, 0.2) is 54.6 Å². The Bertz CT molecular complexity index is 715. The summed E-state index contributed by atoms with van der Waals surface area (Å²) in [5.74, 6) is 0.269. The molecule has 0 saturated carbocycles. The van der Waals surface area contributed by atoms with E-state index in [0.29, 0.717) is 24.3 Å². The first-order chi connectivity index (χ1) is 11.2. The lowest BCUT2D eigenvalue weighted by Gasteiger charge is -2.17. The third-order valence-electron chi connectivity index (χ3n) is 3.91. The zero-order valence-electron chi connectivity index (χ0n) is 12.9. The Morgan fingerprint density at radius 2 is 1.96 bits per heavy atom. The average molecular weight is 310 g/mol. The van der Waals surface area contributed by atoms with Crippen LogP contribution in [0.3, 0.4) is 0 Å². The van der Waals surface area contributed by atoms with Gasteiger partial charge in [0.1, 0.15) is 11.8 Å². The van der Waals surface area contributed by atoms with Crippen molar-refractivity contribution in [1.82, 2.24) is 5.32 Å². The molecule has 1 heterocycles. The molecule has 0 spiro atoms. The fraction of sp³-hybridized carbons (Fsp3) is 0.222. The van der Waals surface area contributed by atoms with Crippen molar-refractivity contribution in [3.63, 3.8) is 0 Å². The van der Waals surface area contributed by atoms with Gasteiger partial charge in [0.2, 0.25) is 5.91 Å². The van der Waals surface area contributed by atoms with Gasteiger partial charge < -0.3 is 15.0 Å². The molecule has 1 N–H and O–H groups in total. The largest absolute Gasteiger partial charge is 0.497 e. The minimum Gasteiger partial charge on any atom is -0.497 e. The summed E-state index contributed by atoms with van der Waals surface area (Å²) < 4.78 is 5.12. The SMILES string of the molecule is COc1cccc(C(=O)N[C@H]2CCN(c3ccccc3)C2=O)c1. The van der Waals surface area contributed by atoms with Crippen LogP contribution in [0.4, 0.5) is 5.69 Å². The summed E-state index contributed by atoms with van der Waals surface area (Å²) in [6.45, 7) is 0.603. The van der Waals surface area contributed by atoms with Gasteiger partial charge in [-0.05, 0) is 36.8 Å². The molecule has 1 fully saturated rings. The molecule has 2 amide bonds. The highest BCUT2D eigenvalue weighted by atomic mass is 16.5. The van der Waals surface area contributed by atoms with Crippen LogP contribution in [0.1, 0.15) is 16.8 Å². The Balaban J connectivity index is 1.69. The van der Waals surface area contributed by atoms with Crippen LogP contribution in [-0.2, 0) is 4.79 Å². The van der Waals surface area contributed by atoms with E-state index in [-0.39, 0.29) is 11.8 Å². The number of carbonyl (C=O) groups is 2. The summed E-state index contributed by atoms with van der Waals surface area (Å²) in [6.07, 6.45) is 0.601. The smallest absolute Gasteiger partial charge is 0.252 e. The van der Waals surface area contributed by atoms with Gasteiger partial charge in [-0.1, -0.05) is 24.3 Å². The van der Waals surface area contributed by atoms with Gasteiger partial charge in [0.05, 0.1) is 7.11 Å². The molecule has 5 heteroatoms. The number of carbonyl (C=O) groups excluding carboxylic acids is 2. The maximum atomic E-state index is 12.5. The van der Waals surface area contributed by atoms with Crippen molar-refractivity contribution in [2.24, 2.45) is 0 Å². The molecule has 1 aliphatic rings. The normalized spacial score (nSPS) is 17.2. The van der Waals surface area contributed by atoms with E-state index < -0.39 is 6.04 Å². The number of methoxy groups -OCH3 is 1. The molecule has 2 aromatic rings. The number of ether oxygens (including phenoxy) is 1. The number of nitrogens with zero attached hydrogens (tertiary/aromatic N) is 1. The monoisotopic (exact) mass is 310 g/mol. The lowest BCUT2D eigenvalue weighted by molar-refractivity contribution is -0.118. The molecule has 0 radical (unpaired) electrons. The minimum absolute atomic E-state index is 0.0764. The van der Waals surface area contributed by atoms with Crippen LogP contribution in [0.25, 0.3) is 0 Å². The van der Waals surface area contributed by atoms with Crippen molar-refractivity contribution in [3.8, 4) is 5.75 Å². The van der Waals surface area contributed by atoms with Crippen LogP contribution >= 0.6 is 0 Å². The topological polar surface area (TPSA) is 58.6 Å². The van der Waals surface area contributed by atoms with Gasteiger partial charge in [-0.3, -0.25) is 9.59 Å². The van der Waals surface area contributed by atoms with Gasteiger partial charge in [0.25, 0.3) is 5.91 Å². The summed E-state index contributed by atoms with van der Waals surface area (Å²) in [5.41, 5.74) is 1.34. The fourth-order valence-corrected chi connectivity index (χ4v) is 2.68. The van der Waals surface area contributed by atoms with E-state index in [1.165, 1.54) is 0 Å². The van der Waals surface area contributed by atoms with Crippen molar-refractivity contribution >= 4 is 17.5 Å². The average Bonchev–Trinajstić information content (AvgIpc) is 2.96. The van der Waals surface area contributed by atoms with E-state index in [4.69, 9.17) is 4.74 Å². The van der Waals surface area contributed by atoms with Crippen LogP contribution in [0.5, 0.6) is 5.75 Å². The number of para-hydroxylation sites is 1. The van der Waals surface area contributed by atoms with Crippen molar-refractivity contribution in [1.29, 1.82) is 0 Å². The lowest BCUT2D eigenvalue weighted by Crippen LogP contribution is -2.41. The van der Waals surface area contributed by atoms with Gasteiger partial charge >= 0.3 is 0 Å². The Labute approximate surface area is 134 Å². The molecule has 5 nitrogen and oxygen atoms in total. The first-order valence-electron chi connectivity index (χ1n) is 7.50. The minimum atomic E-state index is -0.492. The summed E-state index contributed by atoms with van der Waals surface area (Å²) in [7, 11) is 1.55. The molecule has 23 heavy (non-hydrogen) atoms. The second-order valence-corrected chi connectivity index (χ2v) is 5.37. The summed E-state index contributed by atoms with van der Waals surface area (Å²) in [4.78, 5) is 26.5. The van der Waals surface area contributed by atoms with E-state index >= 15 is 0 Å². The molecule has 3 rings (SSSR count). The molecular weight excluding hydrogens is 292 g/mol. The molecule has 1 saturated heterocycles. The maximum absolute atomic E-state index is 12.5. The highest BCUT2D eigenvalue weighted by Crippen LogP contribution is 2.21. The quantitative estimate of drug-likeness (QED) is 0.942. The second kappa shape index (κ2) is 6.52. The number of nitrogens with one attached hydrogen (secondary N) is 1. The Hall–Kier alpha value is -2.82. The number of anilines is 1. The highest BCUT2D eigenvalue weighted by Gasteiger charge is 2.33. The summed E-state index contributed by atoms with van der Waals surface area (Å²) in [6, 6.07) is 15.9. The maximum Gasteiger partial charge on any atom is 0.252 e. The van der Waals surface area contributed by atoms with Crippen molar-refractivity contribution in [2.45, 2.75) is 12.5 Å². The van der Waals surface area contributed by atoms with E-state index in [2.05, 4.69) is 5.32 Å². The number of hydrogen-bond donors (Lipinski definition) is 1. The Morgan fingerprint density at radius 1 is 1.17 bits per heavy atom. The van der Waals surface area contributed by atoms with Gasteiger partial charge in [0, 0.05) is 17.8 Å². The van der Waals surface area contributed by atoms with Crippen molar-refractivity contribution in [3.05, 3.63) is 60.2 Å². The molecular formula is C18H18N2O3. The Morgan fingerprint density at radius 3 is 2.70 bits per heavy atom. The first kappa shape index (κ1) is 15.1. The predicted octanol–water partition coefficient (Wildman–Crippen LogP) is 2.23. The molecule has 0 aliphatic carbocycles. The van der Waals surface area contributed by atoms with Crippen LogP contribution in [-0.4, -0.2) is 31.5 Å². The number of amides is 2. The van der Waals surface area contributed by atoms with Crippen LogP contribution < -0.4 is 15.0 Å². The highest BCUT2D eigenvalue weighted by molar-refractivity contribution is 6.03.